The molecule has 2 rings (SSSR count). The van der Waals surface area contributed by atoms with Crippen LogP contribution in [0.4, 0.5) is 0 Å². The van der Waals surface area contributed by atoms with Gasteiger partial charge in [0.1, 0.15) is 0 Å². The molecule has 0 saturated heterocycles. The minimum absolute atomic E-state index is 0.966. The Bertz CT molecular complexity index is 478. The summed E-state index contributed by atoms with van der Waals surface area (Å²) in [6.45, 7) is 6.16. The van der Waals surface area contributed by atoms with E-state index in [1.54, 1.807) is 0 Å². The first-order valence-corrected chi connectivity index (χ1v) is 5.81. The van der Waals surface area contributed by atoms with Crippen molar-refractivity contribution in [2.24, 2.45) is 0 Å². The Kier molecular flexibility index (Phi) is 3.61. The molecule has 1 aliphatic heterocycles. The summed E-state index contributed by atoms with van der Waals surface area (Å²) < 4.78 is 0. The SMILES string of the molecule is C=C1C=CCC=CN1/C=C(\C)c1ccccc1. The van der Waals surface area contributed by atoms with Crippen LogP contribution in [0.15, 0.2) is 73.2 Å². The van der Waals surface area contributed by atoms with Gasteiger partial charge < -0.3 is 4.90 Å². The first-order chi connectivity index (χ1) is 8.27. The summed E-state index contributed by atoms with van der Waals surface area (Å²) in [6, 6.07) is 10.4. The van der Waals surface area contributed by atoms with Crippen LogP contribution in [0.2, 0.25) is 0 Å². The standard InChI is InChI=1S/C16H17N/c1-14(16-10-6-3-7-11-16)13-17-12-8-4-5-9-15(17)2/h3,5-13H,2,4H2,1H3/b14-13+. The fourth-order valence-electron chi connectivity index (χ4n) is 1.75. The second kappa shape index (κ2) is 5.35. The second-order valence-corrected chi connectivity index (χ2v) is 4.10. The van der Waals surface area contributed by atoms with Crippen LogP contribution in [0.25, 0.3) is 5.57 Å². The van der Waals surface area contributed by atoms with E-state index in [0.29, 0.717) is 0 Å². The lowest BCUT2D eigenvalue weighted by Crippen LogP contribution is -2.06. The van der Waals surface area contributed by atoms with Crippen molar-refractivity contribution in [2.75, 3.05) is 0 Å². The largest absolute Gasteiger partial charge is 0.325 e. The zero-order valence-corrected chi connectivity index (χ0v) is 10.1. The van der Waals surface area contributed by atoms with Crippen molar-refractivity contribution in [1.29, 1.82) is 0 Å². The van der Waals surface area contributed by atoms with Crippen LogP contribution >= 0.6 is 0 Å². The van der Waals surface area contributed by atoms with E-state index in [9.17, 15) is 0 Å². The van der Waals surface area contributed by atoms with Crippen LogP contribution in [-0.2, 0) is 0 Å². The van der Waals surface area contributed by atoms with Gasteiger partial charge in [-0.2, -0.15) is 0 Å². The predicted molar refractivity (Wildman–Crippen MR) is 74.0 cm³/mol. The molecule has 0 aromatic heterocycles. The topological polar surface area (TPSA) is 3.24 Å². The summed E-state index contributed by atoms with van der Waals surface area (Å²) in [5, 5.41) is 0. The molecule has 0 aliphatic carbocycles. The first-order valence-electron chi connectivity index (χ1n) is 5.81. The molecular weight excluding hydrogens is 206 g/mol. The maximum Gasteiger partial charge on any atom is 0.0374 e. The smallest absolute Gasteiger partial charge is 0.0374 e. The van der Waals surface area contributed by atoms with Gasteiger partial charge in [0.15, 0.2) is 0 Å². The van der Waals surface area contributed by atoms with E-state index in [1.807, 2.05) is 6.07 Å². The highest BCUT2D eigenvalue weighted by Gasteiger charge is 2.02. The molecule has 0 amide bonds. The van der Waals surface area contributed by atoms with E-state index >= 15 is 0 Å². The van der Waals surface area contributed by atoms with Crippen molar-refractivity contribution in [3.63, 3.8) is 0 Å². The Morgan fingerprint density at radius 2 is 2.00 bits per heavy atom. The van der Waals surface area contributed by atoms with Gasteiger partial charge in [0, 0.05) is 18.1 Å². The molecule has 0 atom stereocenters. The Balaban J connectivity index is 2.24. The van der Waals surface area contributed by atoms with Gasteiger partial charge in [-0.25, -0.2) is 0 Å². The van der Waals surface area contributed by atoms with Gasteiger partial charge in [-0.3, -0.25) is 0 Å². The maximum absolute atomic E-state index is 4.05. The van der Waals surface area contributed by atoms with E-state index < -0.39 is 0 Å². The highest BCUT2D eigenvalue weighted by atomic mass is 15.1. The van der Waals surface area contributed by atoms with E-state index in [4.69, 9.17) is 0 Å². The second-order valence-electron chi connectivity index (χ2n) is 4.10. The molecule has 1 aromatic carbocycles. The van der Waals surface area contributed by atoms with Gasteiger partial charge in [0.2, 0.25) is 0 Å². The fraction of sp³-hybridized carbons (Fsp3) is 0.125. The quantitative estimate of drug-likeness (QED) is 0.721. The summed E-state index contributed by atoms with van der Waals surface area (Å²) in [6.07, 6.45) is 11.4. The van der Waals surface area contributed by atoms with Crippen LogP contribution in [0.5, 0.6) is 0 Å². The first kappa shape index (κ1) is 11.5. The lowest BCUT2D eigenvalue weighted by atomic mass is 10.1. The summed E-state index contributed by atoms with van der Waals surface area (Å²) in [5.74, 6) is 0. The Morgan fingerprint density at radius 1 is 1.24 bits per heavy atom. The van der Waals surface area contributed by atoms with Gasteiger partial charge >= 0.3 is 0 Å². The highest BCUT2D eigenvalue weighted by molar-refractivity contribution is 5.63. The number of allylic oxidation sites excluding steroid dienone is 4. The van der Waals surface area contributed by atoms with Crippen molar-refractivity contribution in [3.05, 3.63) is 78.8 Å². The average Bonchev–Trinajstić information content (AvgIpc) is 2.56. The summed E-state index contributed by atoms with van der Waals surface area (Å²) in [5.41, 5.74) is 3.46. The molecule has 0 bridgehead atoms. The summed E-state index contributed by atoms with van der Waals surface area (Å²) >= 11 is 0. The Morgan fingerprint density at radius 3 is 2.76 bits per heavy atom. The minimum Gasteiger partial charge on any atom is -0.325 e. The summed E-state index contributed by atoms with van der Waals surface area (Å²) in [7, 11) is 0. The third kappa shape index (κ3) is 2.97. The van der Waals surface area contributed by atoms with Crippen LogP contribution in [0.1, 0.15) is 18.9 Å². The molecule has 1 aliphatic rings. The predicted octanol–water partition coefficient (Wildman–Crippen LogP) is 4.34. The molecule has 0 fully saturated rings. The van der Waals surface area contributed by atoms with Crippen molar-refractivity contribution in [3.8, 4) is 0 Å². The molecule has 1 nitrogen and oxygen atoms in total. The molecule has 0 unspecified atom stereocenters. The van der Waals surface area contributed by atoms with Crippen LogP contribution in [0.3, 0.4) is 0 Å². The molecule has 0 spiro atoms. The molecule has 1 heterocycles. The number of rotatable bonds is 2. The van der Waals surface area contributed by atoms with Crippen molar-refractivity contribution < 1.29 is 0 Å². The molecular formula is C16H17N. The Labute approximate surface area is 103 Å². The van der Waals surface area contributed by atoms with E-state index in [2.05, 4.69) is 73.3 Å². The normalized spacial score (nSPS) is 16.2. The molecule has 1 heteroatoms. The Hall–Kier alpha value is -2.02. The zero-order valence-electron chi connectivity index (χ0n) is 10.1. The maximum atomic E-state index is 4.05. The lowest BCUT2D eigenvalue weighted by Gasteiger charge is -2.16. The molecule has 0 radical (unpaired) electrons. The van der Waals surface area contributed by atoms with Gasteiger partial charge in [-0.1, -0.05) is 49.1 Å². The number of nitrogens with zero attached hydrogens (tertiary/aromatic N) is 1. The average molecular weight is 223 g/mol. The molecule has 0 saturated carbocycles. The molecule has 86 valence electrons. The van der Waals surface area contributed by atoms with Gasteiger partial charge in [0.25, 0.3) is 0 Å². The summed E-state index contributed by atoms with van der Waals surface area (Å²) in [4.78, 5) is 2.06. The zero-order chi connectivity index (χ0) is 12.1. The fourth-order valence-corrected chi connectivity index (χ4v) is 1.75. The third-order valence-corrected chi connectivity index (χ3v) is 2.74. The monoisotopic (exact) mass is 223 g/mol. The number of benzene rings is 1. The molecule has 17 heavy (non-hydrogen) atoms. The van der Waals surface area contributed by atoms with Gasteiger partial charge in [0.05, 0.1) is 0 Å². The van der Waals surface area contributed by atoms with Crippen molar-refractivity contribution in [2.45, 2.75) is 13.3 Å². The number of hydrogen-bond donors (Lipinski definition) is 0. The van der Waals surface area contributed by atoms with Crippen LogP contribution < -0.4 is 0 Å². The molecule has 0 N–H and O–H groups in total. The van der Waals surface area contributed by atoms with Gasteiger partial charge in [-0.15, -0.1) is 0 Å². The van der Waals surface area contributed by atoms with E-state index in [1.165, 1.54) is 11.1 Å². The van der Waals surface area contributed by atoms with Gasteiger partial charge in [-0.05, 0) is 30.6 Å². The van der Waals surface area contributed by atoms with E-state index in [-0.39, 0.29) is 0 Å². The van der Waals surface area contributed by atoms with E-state index in [0.717, 1.165) is 12.1 Å². The minimum atomic E-state index is 0.966. The van der Waals surface area contributed by atoms with Crippen LogP contribution in [0, 0.1) is 0 Å². The third-order valence-electron chi connectivity index (χ3n) is 2.74. The van der Waals surface area contributed by atoms with Crippen LogP contribution in [-0.4, -0.2) is 4.90 Å². The van der Waals surface area contributed by atoms with Crippen molar-refractivity contribution >= 4 is 5.57 Å². The molecule has 1 aromatic rings. The number of hydrogen-bond acceptors (Lipinski definition) is 1. The highest BCUT2D eigenvalue weighted by Crippen LogP contribution is 2.18. The van der Waals surface area contributed by atoms with Crippen molar-refractivity contribution in [1.82, 2.24) is 4.90 Å². The lowest BCUT2D eigenvalue weighted by molar-refractivity contribution is 0.657.